The lowest BCUT2D eigenvalue weighted by Crippen LogP contribution is -2.52. The van der Waals surface area contributed by atoms with Crippen LogP contribution >= 0.6 is 0 Å². The molecule has 1 aliphatic rings. The Morgan fingerprint density at radius 1 is 0.807 bits per heavy atom. The number of para-hydroxylation sites is 1. The Hall–Kier alpha value is -6.37. The highest BCUT2D eigenvalue weighted by molar-refractivity contribution is 5.89. The minimum absolute atomic E-state index is 0.160. The van der Waals surface area contributed by atoms with Crippen LogP contribution in [0.2, 0.25) is 0 Å². The Morgan fingerprint density at radius 2 is 1.37 bits per heavy atom. The van der Waals surface area contributed by atoms with Crippen LogP contribution in [0.3, 0.4) is 0 Å². The zero-order valence-corrected chi connectivity index (χ0v) is 32.5. The molecule has 13 heteroatoms. The minimum atomic E-state index is -3.30. The molecule has 1 amide bonds. The Balaban J connectivity index is 1.39. The highest BCUT2D eigenvalue weighted by Gasteiger charge is 2.45. The fraction of sp³-hybridized carbons (Fsp3) is 0.295. The van der Waals surface area contributed by atoms with Crippen molar-refractivity contribution in [1.29, 1.82) is 0 Å². The molecule has 1 fully saturated rings. The first-order valence-corrected chi connectivity index (χ1v) is 18.6. The van der Waals surface area contributed by atoms with Gasteiger partial charge in [0.05, 0.1) is 38.0 Å². The minimum Gasteiger partial charge on any atom is -0.497 e. The summed E-state index contributed by atoms with van der Waals surface area (Å²) in [6.45, 7) is 4.80. The van der Waals surface area contributed by atoms with Crippen LogP contribution in [0.25, 0.3) is 16.7 Å². The maximum absolute atomic E-state index is 15.6. The van der Waals surface area contributed by atoms with Crippen LogP contribution in [0.4, 0.5) is 19.4 Å². The first-order valence-electron chi connectivity index (χ1n) is 18.6. The van der Waals surface area contributed by atoms with Gasteiger partial charge in [0, 0.05) is 32.3 Å². The van der Waals surface area contributed by atoms with Gasteiger partial charge in [-0.05, 0) is 98.6 Å². The number of carbonyl (C=O) groups is 1. The molecule has 0 radical (unpaired) electrons. The van der Waals surface area contributed by atoms with Crippen molar-refractivity contribution >= 4 is 22.9 Å². The van der Waals surface area contributed by atoms with Crippen molar-refractivity contribution in [1.82, 2.24) is 19.0 Å². The van der Waals surface area contributed by atoms with E-state index in [4.69, 9.17) is 23.9 Å². The molecule has 6 aromatic rings. The van der Waals surface area contributed by atoms with Crippen molar-refractivity contribution in [3.05, 3.63) is 137 Å². The quantitative estimate of drug-likeness (QED) is 0.129. The summed E-state index contributed by atoms with van der Waals surface area (Å²) in [5, 5.41) is 0. The molecule has 3 heterocycles. The Kier molecular flexibility index (Phi) is 10.9. The smallest absolute Gasteiger partial charge is 0.410 e. The standard InChI is InChI=1S/C44H45F2N5O6/c1-43(2,3)57-42(53)49-28-33(25-44(45,46)29-49)50-38-23-24-47-40(39(38)51(41(50)52)32-15-21-37(22-16-32)56-36-9-7-6-8-10-36)48(26-30-11-17-34(54-4)18-12-30)27-31-13-19-35(55-5)20-14-31/h6-24,33H,25-29H2,1-5H3/t33-/m0/s1. The van der Waals surface area contributed by atoms with Gasteiger partial charge in [-0.1, -0.05) is 42.5 Å². The SMILES string of the molecule is COc1ccc(CN(Cc2ccc(OC)cc2)c2nccc3c2n(-c2ccc(Oc4ccccc4)cc2)c(=O)n3[C@@H]2CN(C(=O)OC(C)(C)C)CC(F)(F)C2)cc1. The molecule has 0 spiro atoms. The van der Waals surface area contributed by atoms with Gasteiger partial charge in [0.25, 0.3) is 5.92 Å². The Labute approximate surface area is 329 Å². The number of amides is 1. The molecule has 1 aliphatic heterocycles. The third-order valence-electron chi connectivity index (χ3n) is 9.61. The lowest BCUT2D eigenvalue weighted by Gasteiger charge is -2.38. The Morgan fingerprint density at radius 3 is 1.93 bits per heavy atom. The maximum Gasteiger partial charge on any atom is 0.410 e. The molecule has 0 aliphatic carbocycles. The number of likely N-dealkylation sites (tertiary alicyclic amines) is 1. The van der Waals surface area contributed by atoms with Gasteiger partial charge in [-0.25, -0.2) is 23.4 Å². The van der Waals surface area contributed by atoms with Gasteiger partial charge in [0.2, 0.25) is 0 Å². The van der Waals surface area contributed by atoms with Gasteiger partial charge in [0.1, 0.15) is 34.1 Å². The van der Waals surface area contributed by atoms with Crippen LogP contribution in [-0.2, 0) is 17.8 Å². The highest BCUT2D eigenvalue weighted by Crippen LogP contribution is 2.37. The number of aromatic nitrogens is 3. The van der Waals surface area contributed by atoms with Gasteiger partial charge >= 0.3 is 11.8 Å². The molecule has 11 nitrogen and oxygen atoms in total. The third kappa shape index (κ3) is 8.88. The van der Waals surface area contributed by atoms with E-state index in [2.05, 4.69) is 0 Å². The summed E-state index contributed by atoms with van der Waals surface area (Å²) in [7, 11) is 3.21. The highest BCUT2D eigenvalue weighted by atomic mass is 19.3. The monoisotopic (exact) mass is 777 g/mol. The lowest BCUT2D eigenvalue weighted by molar-refractivity contribution is -0.0837. The molecule has 0 saturated carbocycles. The molecule has 0 N–H and O–H groups in total. The second kappa shape index (κ2) is 16.0. The maximum atomic E-state index is 15.6. The fourth-order valence-corrected chi connectivity index (χ4v) is 7.08. The van der Waals surface area contributed by atoms with E-state index < -0.39 is 42.3 Å². The van der Waals surface area contributed by atoms with Crippen molar-refractivity contribution < 1.29 is 32.5 Å². The predicted octanol–water partition coefficient (Wildman–Crippen LogP) is 9.02. The third-order valence-corrected chi connectivity index (χ3v) is 9.61. The van der Waals surface area contributed by atoms with Crippen LogP contribution in [0.5, 0.6) is 23.0 Å². The van der Waals surface area contributed by atoms with E-state index in [1.807, 2.05) is 83.8 Å². The van der Waals surface area contributed by atoms with Crippen LogP contribution in [0, 0.1) is 0 Å². The summed E-state index contributed by atoms with van der Waals surface area (Å²) in [5.74, 6) is -0.251. The average molecular weight is 778 g/mol. The van der Waals surface area contributed by atoms with Crippen LogP contribution in [0.15, 0.2) is 120 Å². The van der Waals surface area contributed by atoms with E-state index in [0.717, 1.165) is 16.0 Å². The second-order valence-corrected chi connectivity index (χ2v) is 15.0. The molecule has 296 valence electrons. The van der Waals surface area contributed by atoms with E-state index >= 15 is 8.78 Å². The molecule has 4 aromatic carbocycles. The van der Waals surface area contributed by atoms with Crippen molar-refractivity contribution in [2.24, 2.45) is 0 Å². The number of alkyl halides is 2. The first kappa shape index (κ1) is 38.9. The van der Waals surface area contributed by atoms with Crippen LogP contribution in [-0.4, -0.2) is 63.9 Å². The van der Waals surface area contributed by atoms with E-state index in [9.17, 15) is 9.59 Å². The molecule has 0 bridgehead atoms. The number of pyridine rings is 1. The number of fused-ring (bicyclic) bond motifs is 1. The topological polar surface area (TPSA) is 100 Å². The van der Waals surface area contributed by atoms with Crippen LogP contribution < -0.4 is 24.8 Å². The summed E-state index contributed by atoms with van der Waals surface area (Å²) >= 11 is 0. The van der Waals surface area contributed by atoms with Gasteiger partial charge < -0.3 is 28.7 Å². The van der Waals surface area contributed by atoms with Gasteiger partial charge in [-0.15, -0.1) is 0 Å². The van der Waals surface area contributed by atoms with Gasteiger partial charge in [-0.3, -0.25) is 9.13 Å². The number of ether oxygens (including phenoxy) is 4. The largest absolute Gasteiger partial charge is 0.497 e. The van der Waals surface area contributed by atoms with Crippen molar-refractivity contribution in [2.45, 2.75) is 57.8 Å². The number of piperidine rings is 1. The Bertz CT molecular complexity index is 2330. The van der Waals surface area contributed by atoms with E-state index in [-0.39, 0.29) is 6.54 Å². The molecule has 1 saturated heterocycles. The lowest BCUT2D eigenvalue weighted by atomic mass is 10.0. The number of nitrogens with zero attached hydrogens (tertiary/aromatic N) is 5. The zero-order chi connectivity index (χ0) is 40.3. The normalized spacial score (nSPS) is 15.3. The number of imidazole rings is 1. The first-order chi connectivity index (χ1) is 27.3. The number of benzene rings is 4. The molecular weight excluding hydrogens is 733 g/mol. The average Bonchev–Trinajstić information content (AvgIpc) is 3.49. The molecule has 57 heavy (non-hydrogen) atoms. The van der Waals surface area contributed by atoms with Crippen LogP contribution in [0.1, 0.15) is 44.4 Å². The zero-order valence-electron chi connectivity index (χ0n) is 32.5. The number of methoxy groups -OCH3 is 2. The number of hydrogen-bond acceptors (Lipinski definition) is 8. The van der Waals surface area contributed by atoms with Crippen molar-refractivity contribution in [3.63, 3.8) is 0 Å². The van der Waals surface area contributed by atoms with Gasteiger partial charge in [0.15, 0.2) is 5.82 Å². The molecule has 7 rings (SSSR count). The molecule has 0 unspecified atom stereocenters. The number of rotatable bonds is 11. The summed E-state index contributed by atoms with van der Waals surface area (Å²) < 4.78 is 56.5. The van der Waals surface area contributed by atoms with Gasteiger partial charge in [-0.2, -0.15) is 0 Å². The number of anilines is 1. The summed E-state index contributed by atoms with van der Waals surface area (Å²) in [6, 6.07) is 32.2. The van der Waals surface area contributed by atoms with Crippen molar-refractivity contribution in [3.8, 4) is 28.7 Å². The summed E-state index contributed by atoms with van der Waals surface area (Å²) in [6.07, 6.45) is 0.0511. The molecular formula is C44H45F2N5O6. The number of hydrogen-bond donors (Lipinski definition) is 0. The van der Waals surface area contributed by atoms with E-state index in [0.29, 0.717) is 58.6 Å². The number of halogens is 2. The summed E-state index contributed by atoms with van der Waals surface area (Å²) in [5.41, 5.74) is 1.70. The summed E-state index contributed by atoms with van der Waals surface area (Å²) in [4.78, 5) is 36.1. The second-order valence-electron chi connectivity index (χ2n) is 15.0. The van der Waals surface area contributed by atoms with E-state index in [1.165, 1.54) is 9.13 Å². The fourth-order valence-electron chi connectivity index (χ4n) is 7.08. The van der Waals surface area contributed by atoms with Crippen molar-refractivity contribution in [2.75, 3.05) is 32.2 Å². The number of carbonyl (C=O) groups excluding carboxylic acids is 1. The predicted molar refractivity (Wildman–Crippen MR) is 214 cm³/mol. The molecule has 2 aromatic heterocycles. The molecule has 1 atom stereocenters. The van der Waals surface area contributed by atoms with E-state index in [1.54, 1.807) is 71.5 Å².